The third-order valence-electron chi connectivity index (χ3n) is 3.60. The third-order valence-corrected chi connectivity index (χ3v) is 3.60. The highest BCUT2D eigenvalue weighted by Crippen LogP contribution is 2.31. The SMILES string of the molecule is C[C@H]1Cc2ccccc2N1C(=O)Cn1cc([N+](=O)[O-])cn1. The fourth-order valence-electron chi connectivity index (χ4n) is 2.69. The summed E-state index contributed by atoms with van der Waals surface area (Å²) in [7, 11) is 0. The largest absolute Gasteiger partial charge is 0.307 e. The minimum Gasteiger partial charge on any atom is -0.307 e. The van der Waals surface area contributed by atoms with Gasteiger partial charge in [-0.3, -0.25) is 19.6 Å². The van der Waals surface area contributed by atoms with Crippen molar-refractivity contribution in [2.75, 3.05) is 4.90 Å². The van der Waals surface area contributed by atoms with Gasteiger partial charge < -0.3 is 4.90 Å². The Morgan fingerprint density at radius 3 is 2.95 bits per heavy atom. The summed E-state index contributed by atoms with van der Waals surface area (Å²) >= 11 is 0. The van der Waals surface area contributed by atoms with Crippen LogP contribution in [0.15, 0.2) is 36.7 Å². The molecule has 0 saturated carbocycles. The molecule has 1 amide bonds. The molecule has 2 aromatic rings. The summed E-state index contributed by atoms with van der Waals surface area (Å²) in [4.78, 5) is 24.3. The lowest BCUT2D eigenvalue weighted by Crippen LogP contribution is -2.38. The minimum absolute atomic E-state index is 0.00743. The fraction of sp³-hybridized carbons (Fsp3) is 0.286. The predicted octanol–water partition coefficient (Wildman–Crippen LogP) is 1.77. The molecule has 7 nitrogen and oxygen atoms in total. The molecule has 7 heteroatoms. The number of amides is 1. The number of anilines is 1. The number of nitro groups is 1. The maximum absolute atomic E-state index is 12.5. The van der Waals surface area contributed by atoms with Gasteiger partial charge in [0.2, 0.25) is 5.91 Å². The molecular weight excluding hydrogens is 272 g/mol. The maximum Gasteiger partial charge on any atom is 0.307 e. The monoisotopic (exact) mass is 286 g/mol. The Balaban J connectivity index is 1.80. The van der Waals surface area contributed by atoms with Gasteiger partial charge in [0.05, 0.1) is 4.92 Å². The molecule has 0 bridgehead atoms. The van der Waals surface area contributed by atoms with E-state index >= 15 is 0 Å². The maximum atomic E-state index is 12.5. The van der Waals surface area contributed by atoms with Gasteiger partial charge in [0, 0.05) is 11.7 Å². The second-order valence-corrected chi connectivity index (χ2v) is 5.10. The Morgan fingerprint density at radius 1 is 1.48 bits per heavy atom. The number of para-hydroxylation sites is 1. The zero-order valence-electron chi connectivity index (χ0n) is 11.5. The summed E-state index contributed by atoms with van der Waals surface area (Å²) in [6.07, 6.45) is 3.24. The first-order valence-electron chi connectivity index (χ1n) is 6.63. The van der Waals surface area contributed by atoms with Crippen LogP contribution in [0.3, 0.4) is 0 Å². The van der Waals surface area contributed by atoms with Gasteiger partial charge in [0.25, 0.3) is 0 Å². The lowest BCUT2D eigenvalue weighted by atomic mass is 10.1. The average Bonchev–Trinajstić information content (AvgIpc) is 3.01. The van der Waals surface area contributed by atoms with Gasteiger partial charge in [-0.25, -0.2) is 0 Å². The van der Waals surface area contributed by atoms with E-state index in [9.17, 15) is 14.9 Å². The molecule has 1 aromatic heterocycles. The van der Waals surface area contributed by atoms with Crippen molar-refractivity contribution >= 4 is 17.3 Å². The Bertz CT molecular complexity index is 710. The summed E-state index contributed by atoms with van der Waals surface area (Å²) in [5.41, 5.74) is 1.94. The van der Waals surface area contributed by atoms with Crippen molar-refractivity contribution in [1.82, 2.24) is 9.78 Å². The Morgan fingerprint density at radius 2 is 2.24 bits per heavy atom. The molecule has 1 aromatic carbocycles. The first-order chi connectivity index (χ1) is 10.1. The molecule has 0 saturated heterocycles. The van der Waals surface area contributed by atoms with Gasteiger partial charge in [0.1, 0.15) is 18.9 Å². The van der Waals surface area contributed by atoms with Crippen LogP contribution in [-0.2, 0) is 17.8 Å². The second-order valence-electron chi connectivity index (χ2n) is 5.10. The van der Waals surface area contributed by atoms with Gasteiger partial charge in [-0.05, 0) is 25.0 Å². The van der Waals surface area contributed by atoms with Crippen LogP contribution in [0.1, 0.15) is 12.5 Å². The number of rotatable bonds is 3. The molecule has 3 rings (SSSR count). The highest BCUT2D eigenvalue weighted by Gasteiger charge is 2.30. The molecule has 1 aliphatic heterocycles. The highest BCUT2D eigenvalue weighted by atomic mass is 16.6. The molecule has 0 aliphatic carbocycles. The topological polar surface area (TPSA) is 81.3 Å². The molecule has 21 heavy (non-hydrogen) atoms. The molecule has 1 aliphatic rings. The van der Waals surface area contributed by atoms with Crippen LogP contribution in [0.5, 0.6) is 0 Å². The third kappa shape index (κ3) is 2.37. The average molecular weight is 286 g/mol. The molecule has 0 N–H and O–H groups in total. The summed E-state index contributed by atoms with van der Waals surface area (Å²) in [5, 5.41) is 14.5. The zero-order chi connectivity index (χ0) is 15.0. The quantitative estimate of drug-likeness (QED) is 0.636. The number of fused-ring (bicyclic) bond motifs is 1. The van der Waals surface area contributed by atoms with Gasteiger partial charge in [-0.1, -0.05) is 18.2 Å². The number of benzene rings is 1. The van der Waals surface area contributed by atoms with Crippen LogP contribution in [-0.4, -0.2) is 26.7 Å². The van der Waals surface area contributed by atoms with E-state index in [2.05, 4.69) is 5.10 Å². The van der Waals surface area contributed by atoms with Gasteiger partial charge in [0.15, 0.2) is 0 Å². The Kier molecular flexibility index (Phi) is 3.17. The summed E-state index contributed by atoms with van der Waals surface area (Å²) in [5.74, 6) is -0.120. The van der Waals surface area contributed by atoms with E-state index in [0.29, 0.717) is 0 Å². The van der Waals surface area contributed by atoms with Crippen molar-refractivity contribution in [3.8, 4) is 0 Å². The zero-order valence-corrected chi connectivity index (χ0v) is 11.5. The highest BCUT2D eigenvalue weighted by molar-refractivity contribution is 5.96. The van der Waals surface area contributed by atoms with E-state index in [1.807, 2.05) is 31.2 Å². The first-order valence-corrected chi connectivity index (χ1v) is 6.63. The minimum atomic E-state index is -0.526. The van der Waals surface area contributed by atoms with Gasteiger partial charge in [-0.15, -0.1) is 0 Å². The van der Waals surface area contributed by atoms with Gasteiger partial charge in [-0.2, -0.15) is 5.10 Å². The molecule has 0 spiro atoms. The van der Waals surface area contributed by atoms with E-state index in [1.165, 1.54) is 10.9 Å². The fourth-order valence-corrected chi connectivity index (χ4v) is 2.69. The summed E-state index contributed by atoms with van der Waals surface area (Å²) in [6.45, 7) is 1.98. The van der Waals surface area contributed by atoms with Crippen LogP contribution in [0, 0.1) is 10.1 Å². The van der Waals surface area contributed by atoms with Crippen LogP contribution in [0.2, 0.25) is 0 Å². The lowest BCUT2D eigenvalue weighted by Gasteiger charge is -2.22. The van der Waals surface area contributed by atoms with E-state index in [1.54, 1.807) is 4.90 Å². The molecule has 1 atom stereocenters. The number of carbonyl (C=O) groups is 1. The Hall–Kier alpha value is -2.70. The summed E-state index contributed by atoms with van der Waals surface area (Å²) in [6, 6.07) is 7.87. The number of aromatic nitrogens is 2. The molecule has 2 heterocycles. The van der Waals surface area contributed by atoms with Crippen molar-refractivity contribution < 1.29 is 9.72 Å². The smallest absolute Gasteiger partial charge is 0.307 e. The van der Waals surface area contributed by atoms with Crippen molar-refractivity contribution in [3.63, 3.8) is 0 Å². The van der Waals surface area contributed by atoms with E-state index < -0.39 is 4.92 Å². The van der Waals surface area contributed by atoms with Gasteiger partial charge >= 0.3 is 5.69 Å². The van der Waals surface area contributed by atoms with Crippen LogP contribution in [0.4, 0.5) is 11.4 Å². The Labute approximate surface area is 120 Å². The normalized spacial score (nSPS) is 16.8. The number of hydrogen-bond acceptors (Lipinski definition) is 4. The molecule has 108 valence electrons. The van der Waals surface area contributed by atoms with Crippen LogP contribution < -0.4 is 4.90 Å². The number of hydrogen-bond donors (Lipinski definition) is 0. The van der Waals surface area contributed by atoms with E-state index in [0.717, 1.165) is 23.9 Å². The lowest BCUT2D eigenvalue weighted by molar-refractivity contribution is -0.385. The summed E-state index contributed by atoms with van der Waals surface area (Å²) < 4.78 is 1.30. The molecule has 0 fully saturated rings. The van der Waals surface area contributed by atoms with Crippen LogP contribution >= 0.6 is 0 Å². The first kappa shape index (κ1) is 13.3. The van der Waals surface area contributed by atoms with E-state index in [4.69, 9.17) is 0 Å². The van der Waals surface area contributed by atoms with E-state index in [-0.39, 0.29) is 24.2 Å². The molecule has 0 unspecified atom stereocenters. The van der Waals surface area contributed by atoms with Crippen molar-refractivity contribution in [1.29, 1.82) is 0 Å². The predicted molar refractivity (Wildman–Crippen MR) is 76.0 cm³/mol. The van der Waals surface area contributed by atoms with Crippen molar-refractivity contribution in [2.24, 2.45) is 0 Å². The van der Waals surface area contributed by atoms with Crippen molar-refractivity contribution in [3.05, 3.63) is 52.3 Å². The second kappa shape index (κ2) is 5.01. The molecule has 0 radical (unpaired) electrons. The molecular formula is C14H14N4O3. The number of nitrogens with zero attached hydrogens (tertiary/aromatic N) is 4. The standard InChI is InChI=1S/C14H14N4O3/c1-10-6-11-4-2-3-5-13(11)17(10)14(19)9-16-8-12(7-15-16)18(20)21/h2-5,7-8,10H,6,9H2,1H3/t10-/m0/s1. The van der Waals surface area contributed by atoms with Crippen LogP contribution in [0.25, 0.3) is 0 Å². The van der Waals surface area contributed by atoms with Crippen molar-refractivity contribution in [2.45, 2.75) is 25.9 Å². The number of carbonyl (C=O) groups excluding carboxylic acids is 1.